The molecule has 0 heterocycles. The van der Waals surface area contributed by atoms with Crippen molar-refractivity contribution < 1.29 is 28.2 Å². The number of nitrogens with one attached hydrogen (secondary N) is 1. The first-order chi connectivity index (χ1) is 7.83. The molecule has 8 heteroatoms. The van der Waals surface area contributed by atoms with E-state index in [9.17, 15) is 18.0 Å². The van der Waals surface area contributed by atoms with Gasteiger partial charge in [-0.05, 0) is 12.8 Å². The Balaban J connectivity index is 2.71. The van der Waals surface area contributed by atoms with Crippen LogP contribution in [-0.4, -0.2) is 35.8 Å². The molecule has 1 amide bonds. The van der Waals surface area contributed by atoms with E-state index in [-0.39, 0.29) is 6.08 Å². The molecule has 0 aromatic heterocycles. The van der Waals surface area contributed by atoms with Crippen LogP contribution in [0, 0.1) is 0 Å². The number of carboxylic acid groups (broad SMARTS) is 1. The van der Waals surface area contributed by atoms with Gasteiger partial charge in [-0.3, -0.25) is 4.79 Å². The Bertz CT molecular complexity index is 446. The summed E-state index contributed by atoms with van der Waals surface area (Å²) < 4.78 is 24.9. The largest absolute Gasteiger partial charge is 0.503 e. The Morgan fingerprint density at radius 3 is 2.18 bits per heavy atom. The summed E-state index contributed by atoms with van der Waals surface area (Å²) in [5.41, 5.74) is 0. The van der Waals surface area contributed by atoms with Crippen LogP contribution in [0.2, 0.25) is 0 Å². The molecule has 7 nitrogen and oxygen atoms in total. The monoisotopic (exact) mass is 263 g/mol. The van der Waals surface area contributed by atoms with Crippen LogP contribution in [0.3, 0.4) is 0 Å². The van der Waals surface area contributed by atoms with Crippen LogP contribution in [0.25, 0.3) is 0 Å². The average Bonchev–Trinajstić information content (AvgIpc) is 2.68. The van der Waals surface area contributed by atoms with E-state index in [0.29, 0.717) is 12.8 Å². The van der Waals surface area contributed by atoms with Gasteiger partial charge < -0.3 is 10.2 Å². The fourth-order valence-corrected chi connectivity index (χ4v) is 3.13. The Labute approximate surface area is 98.2 Å². The van der Waals surface area contributed by atoms with Crippen molar-refractivity contribution in [2.75, 3.05) is 0 Å². The molecule has 0 bridgehead atoms. The molecule has 1 saturated carbocycles. The Morgan fingerprint density at radius 2 is 1.71 bits per heavy atom. The molecule has 1 aliphatic carbocycles. The van der Waals surface area contributed by atoms with Crippen molar-refractivity contribution in [3.63, 3.8) is 0 Å². The van der Waals surface area contributed by atoms with E-state index in [1.54, 1.807) is 4.72 Å². The van der Waals surface area contributed by atoms with E-state index in [1.807, 2.05) is 0 Å². The third-order valence-electron chi connectivity index (χ3n) is 2.47. The number of aliphatic carboxylic acids is 1. The smallest absolute Gasteiger partial charge is 0.332 e. The van der Waals surface area contributed by atoms with Crippen LogP contribution < -0.4 is 4.72 Å². The van der Waals surface area contributed by atoms with Crippen LogP contribution in [0.15, 0.2) is 11.8 Å². The van der Waals surface area contributed by atoms with Gasteiger partial charge in [-0.25, -0.2) is 17.9 Å². The molecule has 1 rings (SSSR count). The molecular weight excluding hydrogens is 250 g/mol. The number of carboxylic acids is 1. The maximum absolute atomic E-state index is 11.6. The minimum absolute atomic E-state index is 0.236. The molecule has 1 aliphatic rings. The van der Waals surface area contributed by atoms with E-state index in [4.69, 9.17) is 10.2 Å². The number of aliphatic hydroxyl groups is 1. The van der Waals surface area contributed by atoms with Crippen molar-refractivity contribution in [1.82, 2.24) is 4.72 Å². The topological polar surface area (TPSA) is 121 Å². The van der Waals surface area contributed by atoms with Crippen molar-refractivity contribution in [1.29, 1.82) is 0 Å². The number of hydrogen-bond donors (Lipinski definition) is 3. The van der Waals surface area contributed by atoms with Crippen LogP contribution in [-0.2, 0) is 19.6 Å². The maximum atomic E-state index is 11.6. The molecule has 0 aromatic rings. The van der Waals surface area contributed by atoms with Gasteiger partial charge in [-0.1, -0.05) is 12.8 Å². The fraction of sp³-hybridized carbons (Fsp3) is 0.556. The molecule has 17 heavy (non-hydrogen) atoms. The van der Waals surface area contributed by atoms with E-state index in [0.717, 1.165) is 12.8 Å². The molecule has 1 fully saturated rings. The highest BCUT2D eigenvalue weighted by Crippen LogP contribution is 2.23. The molecule has 0 atom stereocenters. The summed E-state index contributed by atoms with van der Waals surface area (Å²) in [6.45, 7) is 0. The zero-order chi connectivity index (χ0) is 13.1. The number of hydrogen-bond acceptors (Lipinski definition) is 5. The standard InChI is InChI=1S/C9H13NO6S/c11-7(5-8(12)13)9(14)10-17(15,16)6-3-1-2-4-6/h5-6,11H,1-4H2,(H,10,14)(H,12,13)/b7-5-. The SMILES string of the molecule is O=C(O)/C=C(\O)C(=O)NS(=O)(=O)C1CCCC1. The Kier molecular flexibility index (Phi) is 4.11. The Hall–Kier alpha value is -1.57. The highest BCUT2D eigenvalue weighted by Gasteiger charge is 2.30. The lowest BCUT2D eigenvalue weighted by molar-refractivity contribution is -0.132. The van der Waals surface area contributed by atoms with Crippen molar-refractivity contribution in [3.05, 3.63) is 11.8 Å². The minimum atomic E-state index is -3.83. The number of aliphatic hydroxyl groups excluding tert-OH is 1. The number of sulfonamides is 1. The summed E-state index contributed by atoms with van der Waals surface area (Å²) in [6.07, 6.45) is 2.71. The molecule has 96 valence electrons. The zero-order valence-electron chi connectivity index (χ0n) is 8.92. The second-order valence-electron chi connectivity index (χ2n) is 3.75. The van der Waals surface area contributed by atoms with E-state index in [1.165, 1.54) is 0 Å². The van der Waals surface area contributed by atoms with Gasteiger partial charge in [0.15, 0.2) is 5.76 Å². The van der Waals surface area contributed by atoms with Gasteiger partial charge in [0.2, 0.25) is 10.0 Å². The van der Waals surface area contributed by atoms with E-state index in [2.05, 4.69) is 0 Å². The third kappa shape index (κ3) is 3.74. The van der Waals surface area contributed by atoms with E-state index >= 15 is 0 Å². The van der Waals surface area contributed by atoms with Crippen molar-refractivity contribution in [3.8, 4) is 0 Å². The number of rotatable bonds is 4. The number of carbonyl (C=O) groups excluding carboxylic acids is 1. The average molecular weight is 263 g/mol. The highest BCUT2D eigenvalue weighted by molar-refractivity contribution is 7.90. The van der Waals surface area contributed by atoms with Gasteiger partial charge in [-0.15, -0.1) is 0 Å². The van der Waals surface area contributed by atoms with Gasteiger partial charge in [0, 0.05) is 0 Å². The fourth-order valence-electron chi connectivity index (χ4n) is 1.65. The lowest BCUT2D eigenvalue weighted by Crippen LogP contribution is -2.38. The van der Waals surface area contributed by atoms with Crippen molar-refractivity contribution in [2.24, 2.45) is 0 Å². The molecular formula is C9H13NO6S. The summed E-state index contributed by atoms with van der Waals surface area (Å²) in [6, 6.07) is 0. The second-order valence-corrected chi connectivity index (χ2v) is 5.71. The van der Waals surface area contributed by atoms with Crippen LogP contribution in [0.5, 0.6) is 0 Å². The highest BCUT2D eigenvalue weighted by atomic mass is 32.2. The van der Waals surface area contributed by atoms with Crippen LogP contribution in [0.1, 0.15) is 25.7 Å². The quantitative estimate of drug-likeness (QED) is 0.481. The Morgan fingerprint density at radius 1 is 1.18 bits per heavy atom. The van der Waals surface area contributed by atoms with Gasteiger partial charge in [0.1, 0.15) is 0 Å². The first-order valence-corrected chi connectivity index (χ1v) is 6.57. The summed E-state index contributed by atoms with van der Waals surface area (Å²) in [5.74, 6) is -3.99. The molecule has 0 radical (unpaired) electrons. The van der Waals surface area contributed by atoms with Crippen molar-refractivity contribution in [2.45, 2.75) is 30.9 Å². The number of carbonyl (C=O) groups is 2. The minimum Gasteiger partial charge on any atom is -0.503 e. The maximum Gasteiger partial charge on any atom is 0.332 e. The zero-order valence-corrected chi connectivity index (χ0v) is 9.74. The van der Waals surface area contributed by atoms with Crippen LogP contribution >= 0.6 is 0 Å². The van der Waals surface area contributed by atoms with Gasteiger partial charge in [0.25, 0.3) is 5.91 Å². The van der Waals surface area contributed by atoms with Gasteiger partial charge in [-0.2, -0.15) is 0 Å². The summed E-state index contributed by atoms with van der Waals surface area (Å²) in [7, 11) is -3.83. The summed E-state index contributed by atoms with van der Waals surface area (Å²) >= 11 is 0. The molecule has 0 aromatic carbocycles. The van der Waals surface area contributed by atoms with E-state index < -0.39 is 32.9 Å². The first-order valence-electron chi connectivity index (χ1n) is 5.02. The normalized spacial score (nSPS) is 18.0. The first kappa shape index (κ1) is 13.5. The predicted molar refractivity (Wildman–Crippen MR) is 57.7 cm³/mol. The van der Waals surface area contributed by atoms with Crippen LogP contribution in [0.4, 0.5) is 0 Å². The lowest BCUT2D eigenvalue weighted by atomic mass is 10.4. The molecule has 0 saturated heterocycles. The van der Waals surface area contributed by atoms with Crippen molar-refractivity contribution >= 4 is 21.9 Å². The summed E-state index contributed by atoms with van der Waals surface area (Å²) in [4.78, 5) is 21.3. The second kappa shape index (κ2) is 5.17. The molecule has 3 N–H and O–H groups in total. The third-order valence-corrected chi connectivity index (χ3v) is 4.29. The lowest BCUT2D eigenvalue weighted by Gasteiger charge is -2.11. The predicted octanol–water partition coefficient (Wildman–Crippen LogP) is -0.0985. The molecule has 0 aliphatic heterocycles. The number of amides is 1. The summed E-state index contributed by atoms with van der Waals surface area (Å²) in [5, 5.41) is 16.6. The van der Waals surface area contributed by atoms with Gasteiger partial charge >= 0.3 is 5.97 Å². The molecule has 0 unspecified atom stereocenters. The van der Waals surface area contributed by atoms with Gasteiger partial charge in [0.05, 0.1) is 11.3 Å². The molecule has 0 spiro atoms.